The molecule has 6 heteroatoms. The molecule has 1 fully saturated rings. The van der Waals surface area contributed by atoms with Crippen LogP contribution in [-0.4, -0.2) is 40.2 Å². The van der Waals surface area contributed by atoms with Gasteiger partial charge in [0.2, 0.25) is 5.88 Å². The molecule has 1 aliphatic heterocycles. The van der Waals surface area contributed by atoms with Crippen LogP contribution in [0.25, 0.3) is 0 Å². The molecule has 0 radical (unpaired) electrons. The number of nitrogens with zero attached hydrogens (tertiary/aromatic N) is 3. The molecule has 0 aromatic carbocycles. The van der Waals surface area contributed by atoms with Crippen molar-refractivity contribution in [1.29, 1.82) is 0 Å². The Kier molecular flexibility index (Phi) is 3.14. The predicted octanol–water partition coefficient (Wildman–Crippen LogP) is 1.36. The molecule has 2 aromatic heterocycles. The van der Waals surface area contributed by atoms with Crippen molar-refractivity contribution in [1.82, 2.24) is 15.1 Å². The molecule has 3 heterocycles. The van der Waals surface area contributed by atoms with Crippen LogP contribution in [0.2, 0.25) is 0 Å². The highest BCUT2D eigenvalue weighted by Crippen LogP contribution is 2.18. The highest BCUT2D eigenvalue weighted by Gasteiger charge is 2.29. The van der Waals surface area contributed by atoms with E-state index in [0.717, 1.165) is 6.42 Å². The van der Waals surface area contributed by atoms with Crippen LogP contribution in [-0.2, 0) is 0 Å². The zero-order valence-corrected chi connectivity index (χ0v) is 10.2. The summed E-state index contributed by atoms with van der Waals surface area (Å²) in [5.74, 6) is 0.746. The summed E-state index contributed by atoms with van der Waals surface area (Å²) in [6, 6.07) is 6.89. The van der Waals surface area contributed by atoms with Crippen molar-refractivity contribution in [3.8, 4) is 5.88 Å². The Labute approximate surface area is 110 Å². The molecule has 1 aliphatic rings. The molecule has 6 nitrogen and oxygen atoms in total. The van der Waals surface area contributed by atoms with Gasteiger partial charge in [0.25, 0.3) is 5.91 Å². The first-order valence-electron chi connectivity index (χ1n) is 6.10. The summed E-state index contributed by atoms with van der Waals surface area (Å²) < 4.78 is 10.8. The van der Waals surface area contributed by atoms with Gasteiger partial charge in [0.1, 0.15) is 6.10 Å². The Bertz CT molecular complexity index is 542. The zero-order valence-electron chi connectivity index (χ0n) is 10.2. The Morgan fingerprint density at radius 3 is 3.11 bits per heavy atom. The highest BCUT2D eigenvalue weighted by atomic mass is 16.5. The summed E-state index contributed by atoms with van der Waals surface area (Å²) >= 11 is 0. The first-order chi connectivity index (χ1) is 9.33. The molecule has 1 amide bonds. The fourth-order valence-corrected chi connectivity index (χ4v) is 2.09. The maximum atomic E-state index is 12.1. The quantitative estimate of drug-likeness (QED) is 0.832. The lowest BCUT2D eigenvalue weighted by atomic mass is 10.3. The maximum Gasteiger partial charge on any atom is 0.289 e. The Balaban J connectivity index is 1.60. The molecule has 0 saturated carbocycles. The molecular formula is C13H13N3O3. The largest absolute Gasteiger partial charge is 0.471 e. The van der Waals surface area contributed by atoms with Crippen molar-refractivity contribution >= 4 is 5.91 Å². The van der Waals surface area contributed by atoms with Crippen molar-refractivity contribution in [2.75, 3.05) is 13.1 Å². The lowest BCUT2D eigenvalue weighted by molar-refractivity contribution is 0.0739. The Hall–Kier alpha value is -2.37. The van der Waals surface area contributed by atoms with Gasteiger partial charge in [-0.2, -0.15) is 5.10 Å². The number of rotatable bonds is 3. The van der Waals surface area contributed by atoms with Crippen LogP contribution in [0.5, 0.6) is 5.88 Å². The average molecular weight is 259 g/mol. The Morgan fingerprint density at radius 1 is 1.42 bits per heavy atom. The van der Waals surface area contributed by atoms with E-state index < -0.39 is 0 Å². The molecule has 19 heavy (non-hydrogen) atoms. The molecule has 0 spiro atoms. The molecule has 0 bridgehead atoms. The van der Waals surface area contributed by atoms with E-state index in [0.29, 0.717) is 24.7 Å². The molecule has 98 valence electrons. The standard InChI is InChI=1S/C13H13N3O3/c17-13(11-3-2-8-18-11)16-7-5-10(9-16)19-12-4-1-6-14-15-12/h1-4,6,8,10H,5,7,9H2. The van der Waals surface area contributed by atoms with Crippen LogP contribution >= 0.6 is 0 Å². The SMILES string of the molecule is O=C(c1ccco1)N1CCC(Oc2cccnn2)C1. The summed E-state index contributed by atoms with van der Waals surface area (Å²) in [7, 11) is 0. The van der Waals surface area contributed by atoms with Crippen molar-refractivity contribution in [3.63, 3.8) is 0 Å². The zero-order chi connectivity index (χ0) is 13.1. The summed E-state index contributed by atoms with van der Waals surface area (Å²) in [4.78, 5) is 13.8. The van der Waals surface area contributed by atoms with E-state index in [1.165, 1.54) is 6.26 Å². The number of hydrogen-bond acceptors (Lipinski definition) is 5. The molecule has 0 aliphatic carbocycles. The van der Waals surface area contributed by atoms with Gasteiger partial charge in [-0.15, -0.1) is 5.10 Å². The van der Waals surface area contributed by atoms with Gasteiger partial charge in [0, 0.05) is 25.2 Å². The van der Waals surface area contributed by atoms with Gasteiger partial charge < -0.3 is 14.1 Å². The highest BCUT2D eigenvalue weighted by molar-refractivity contribution is 5.91. The molecule has 1 saturated heterocycles. The van der Waals surface area contributed by atoms with E-state index in [1.54, 1.807) is 35.4 Å². The summed E-state index contributed by atoms with van der Waals surface area (Å²) in [5, 5.41) is 7.62. The first kappa shape index (κ1) is 11.7. The van der Waals surface area contributed by atoms with Gasteiger partial charge in [-0.1, -0.05) is 0 Å². The number of furan rings is 1. The van der Waals surface area contributed by atoms with E-state index in [-0.39, 0.29) is 12.0 Å². The van der Waals surface area contributed by atoms with E-state index in [9.17, 15) is 4.79 Å². The van der Waals surface area contributed by atoms with Gasteiger partial charge in [-0.05, 0) is 18.2 Å². The average Bonchev–Trinajstić information content (AvgIpc) is 3.10. The first-order valence-corrected chi connectivity index (χ1v) is 6.10. The van der Waals surface area contributed by atoms with E-state index >= 15 is 0 Å². The van der Waals surface area contributed by atoms with Crippen molar-refractivity contribution in [3.05, 3.63) is 42.5 Å². The van der Waals surface area contributed by atoms with E-state index in [4.69, 9.17) is 9.15 Å². The van der Waals surface area contributed by atoms with Crippen molar-refractivity contribution < 1.29 is 13.9 Å². The number of carbonyl (C=O) groups excluding carboxylic acids is 1. The molecule has 0 N–H and O–H groups in total. The van der Waals surface area contributed by atoms with Gasteiger partial charge in [0.15, 0.2) is 5.76 Å². The van der Waals surface area contributed by atoms with Crippen LogP contribution in [0, 0.1) is 0 Å². The second kappa shape index (κ2) is 5.09. The Morgan fingerprint density at radius 2 is 2.37 bits per heavy atom. The monoisotopic (exact) mass is 259 g/mol. The van der Waals surface area contributed by atoms with Crippen LogP contribution in [0.15, 0.2) is 41.1 Å². The van der Waals surface area contributed by atoms with Gasteiger partial charge in [-0.3, -0.25) is 4.79 Å². The van der Waals surface area contributed by atoms with Gasteiger partial charge in [0.05, 0.1) is 12.8 Å². The number of hydrogen-bond donors (Lipinski definition) is 0. The van der Waals surface area contributed by atoms with Crippen LogP contribution in [0.4, 0.5) is 0 Å². The van der Waals surface area contributed by atoms with Crippen molar-refractivity contribution in [2.45, 2.75) is 12.5 Å². The predicted molar refractivity (Wildman–Crippen MR) is 65.7 cm³/mol. The smallest absolute Gasteiger partial charge is 0.289 e. The normalized spacial score (nSPS) is 18.5. The third-order valence-electron chi connectivity index (χ3n) is 3.00. The van der Waals surface area contributed by atoms with Crippen LogP contribution < -0.4 is 4.74 Å². The third-order valence-corrected chi connectivity index (χ3v) is 3.00. The van der Waals surface area contributed by atoms with Crippen LogP contribution in [0.1, 0.15) is 17.0 Å². The summed E-state index contributed by atoms with van der Waals surface area (Å²) in [6.45, 7) is 1.20. The number of amides is 1. The second-order valence-electron chi connectivity index (χ2n) is 4.32. The lowest BCUT2D eigenvalue weighted by Crippen LogP contribution is -2.30. The molecule has 1 atom stereocenters. The molecule has 1 unspecified atom stereocenters. The number of likely N-dealkylation sites (tertiary alicyclic amines) is 1. The van der Waals surface area contributed by atoms with Crippen molar-refractivity contribution in [2.24, 2.45) is 0 Å². The minimum Gasteiger partial charge on any atom is -0.471 e. The number of carbonyl (C=O) groups is 1. The molecule has 2 aromatic rings. The molecule has 3 rings (SSSR count). The molecular weight excluding hydrogens is 246 g/mol. The fraction of sp³-hybridized carbons (Fsp3) is 0.308. The summed E-state index contributed by atoms with van der Waals surface area (Å²) in [6.07, 6.45) is 3.82. The minimum absolute atomic E-state index is 0.0457. The lowest BCUT2D eigenvalue weighted by Gasteiger charge is -2.15. The maximum absolute atomic E-state index is 12.1. The third kappa shape index (κ3) is 2.57. The minimum atomic E-state index is -0.102. The van der Waals surface area contributed by atoms with E-state index in [2.05, 4.69) is 10.2 Å². The van der Waals surface area contributed by atoms with Gasteiger partial charge in [-0.25, -0.2) is 0 Å². The second-order valence-corrected chi connectivity index (χ2v) is 4.32. The van der Waals surface area contributed by atoms with Crippen LogP contribution in [0.3, 0.4) is 0 Å². The summed E-state index contributed by atoms with van der Waals surface area (Å²) in [5.41, 5.74) is 0. The topological polar surface area (TPSA) is 68.5 Å². The number of aromatic nitrogens is 2. The number of ether oxygens (including phenoxy) is 1. The fourth-order valence-electron chi connectivity index (χ4n) is 2.09. The van der Waals surface area contributed by atoms with Gasteiger partial charge >= 0.3 is 0 Å². The van der Waals surface area contributed by atoms with E-state index in [1.807, 2.05) is 0 Å².